The molecule has 1 fully saturated rings. The summed E-state index contributed by atoms with van der Waals surface area (Å²) in [5.41, 5.74) is 4.54. The van der Waals surface area contributed by atoms with Crippen LogP contribution < -0.4 is 0 Å². The van der Waals surface area contributed by atoms with Crippen molar-refractivity contribution in [2.75, 3.05) is 0 Å². The quantitative estimate of drug-likeness (QED) is 0.678. The van der Waals surface area contributed by atoms with E-state index < -0.39 is 0 Å². The van der Waals surface area contributed by atoms with Gasteiger partial charge in [-0.05, 0) is 48.3 Å². The van der Waals surface area contributed by atoms with E-state index in [0.717, 1.165) is 11.8 Å². The first-order valence-electron chi connectivity index (χ1n) is 6.52. The fourth-order valence-electron chi connectivity index (χ4n) is 3.90. The topological polar surface area (TPSA) is 15.8 Å². The molecule has 0 saturated heterocycles. The number of aromatic nitrogens is 1. The third-order valence-electron chi connectivity index (χ3n) is 4.61. The summed E-state index contributed by atoms with van der Waals surface area (Å²) in [5.74, 6) is 1.77. The maximum Gasteiger partial charge on any atom is 0.0459 e. The molecule has 1 heterocycles. The summed E-state index contributed by atoms with van der Waals surface area (Å²) in [6, 6.07) is 6.79. The van der Waals surface area contributed by atoms with E-state index in [9.17, 15) is 0 Å². The summed E-state index contributed by atoms with van der Waals surface area (Å²) >= 11 is 0. The van der Waals surface area contributed by atoms with Crippen molar-refractivity contribution in [1.29, 1.82) is 0 Å². The van der Waals surface area contributed by atoms with Crippen LogP contribution in [-0.2, 0) is 6.42 Å². The molecule has 4 rings (SSSR count). The van der Waals surface area contributed by atoms with Crippen molar-refractivity contribution in [1.82, 2.24) is 4.98 Å². The van der Waals surface area contributed by atoms with Crippen LogP contribution in [0, 0.1) is 5.92 Å². The van der Waals surface area contributed by atoms with Gasteiger partial charge in [0.05, 0.1) is 0 Å². The van der Waals surface area contributed by atoms with Crippen LogP contribution in [0.3, 0.4) is 0 Å². The summed E-state index contributed by atoms with van der Waals surface area (Å²) in [6.07, 6.45) is 9.26. The molecule has 2 atom stereocenters. The predicted molar refractivity (Wildman–Crippen MR) is 66.7 cm³/mol. The lowest BCUT2D eigenvalue weighted by Gasteiger charge is -2.35. The monoisotopic (exact) mass is 211 g/mol. The number of fused-ring (bicyclic) bond motifs is 2. The Balaban J connectivity index is 1.98. The van der Waals surface area contributed by atoms with Gasteiger partial charge >= 0.3 is 0 Å². The lowest BCUT2D eigenvalue weighted by Crippen LogP contribution is -2.23. The average Bonchev–Trinajstić information content (AvgIpc) is 2.75. The Kier molecular flexibility index (Phi) is 1.73. The van der Waals surface area contributed by atoms with Gasteiger partial charge in [0.25, 0.3) is 0 Å². The minimum atomic E-state index is 0.848. The highest BCUT2D eigenvalue weighted by Crippen LogP contribution is 2.46. The molecule has 0 spiro atoms. The number of aromatic amines is 1. The van der Waals surface area contributed by atoms with Crippen molar-refractivity contribution in [3.05, 3.63) is 35.5 Å². The second kappa shape index (κ2) is 3.13. The van der Waals surface area contributed by atoms with Crippen molar-refractivity contribution < 1.29 is 0 Å². The SMILES string of the molecule is c1cc2c3c(c[nH]c3c1)CC1CCCCC21. The van der Waals surface area contributed by atoms with Crippen molar-refractivity contribution >= 4 is 10.9 Å². The Bertz CT molecular complexity index is 537. The maximum atomic E-state index is 3.43. The van der Waals surface area contributed by atoms with Crippen LogP contribution in [0.2, 0.25) is 0 Å². The fourth-order valence-corrected chi connectivity index (χ4v) is 3.90. The standard InChI is InChI=1S/C15H17N/c1-2-5-12-10(4-1)8-11-9-16-14-7-3-6-13(12)15(11)14/h3,6-7,9-10,12,16H,1-2,4-5,8H2. The molecule has 16 heavy (non-hydrogen) atoms. The Morgan fingerprint density at radius 2 is 2.06 bits per heavy atom. The molecule has 2 aliphatic rings. The first-order valence-corrected chi connectivity index (χ1v) is 6.52. The van der Waals surface area contributed by atoms with Gasteiger partial charge in [0.2, 0.25) is 0 Å². The van der Waals surface area contributed by atoms with Gasteiger partial charge in [-0.25, -0.2) is 0 Å². The van der Waals surface area contributed by atoms with Crippen LogP contribution in [0.25, 0.3) is 10.9 Å². The van der Waals surface area contributed by atoms with E-state index in [2.05, 4.69) is 29.4 Å². The van der Waals surface area contributed by atoms with Crippen LogP contribution >= 0.6 is 0 Å². The number of H-pyrrole nitrogens is 1. The molecule has 0 radical (unpaired) electrons. The molecule has 1 heteroatoms. The van der Waals surface area contributed by atoms with E-state index in [4.69, 9.17) is 0 Å². The molecule has 1 nitrogen and oxygen atoms in total. The van der Waals surface area contributed by atoms with Gasteiger partial charge < -0.3 is 4.98 Å². The summed E-state index contributed by atoms with van der Waals surface area (Å²) in [5, 5.41) is 1.55. The van der Waals surface area contributed by atoms with Crippen LogP contribution in [0.4, 0.5) is 0 Å². The molecule has 82 valence electrons. The van der Waals surface area contributed by atoms with E-state index in [1.165, 1.54) is 37.6 Å². The fraction of sp³-hybridized carbons (Fsp3) is 0.467. The summed E-state index contributed by atoms with van der Waals surface area (Å²) in [7, 11) is 0. The lowest BCUT2D eigenvalue weighted by atomic mass is 9.69. The Hall–Kier alpha value is -1.24. The molecule has 2 unspecified atom stereocenters. The summed E-state index contributed by atoms with van der Waals surface area (Å²) in [4.78, 5) is 3.43. The molecular formula is C15H17N. The Morgan fingerprint density at radius 1 is 1.12 bits per heavy atom. The average molecular weight is 211 g/mol. The van der Waals surface area contributed by atoms with Crippen LogP contribution in [0.1, 0.15) is 42.7 Å². The maximum absolute atomic E-state index is 3.43. The lowest BCUT2D eigenvalue weighted by molar-refractivity contribution is 0.302. The molecule has 1 aromatic carbocycles. The van der Waals surface area contributed by atoms with Gasteiger partial charge in [-0.2, -0.15) is 0 Å². The first-order chi connectivity index (χ1) is 7.93. The van der Waals surface area contributed by atoms with E-state index in [1.807, 2.05) is 0 Å². The zero-order valence-electron chi connectivity index (χ0n) is 9.50. The number of rotatable bonds is 0. The third kappa shape index (κ3) is 1.06. The molecule has 0 amide bonds. The largest absolute Gasteiger partial charge is 0.361 e. The van der Waals surface area contributed by atoms with Gasteiger partial charge in [-0.1, -0.05) is 25.0 Å². The number of hydrogen-bond donors (Lipinski definition) is 1. The highest BCUT2D eigenvalue weighted by atomic mass is 14.7. The molecular weight excluding hydrogens is 194 g/mol. The minimum absolute atomic E-state index is 0.848. The molecule has 0 aliphatic heterocycles. The summed E-state index contributed by atoms with van der Waals surface area (Å²) in [6.45, 7) is 0. The van der Waals surface area contributed by atoms with Gasteiger partial charge in [0.1, 0.15) is 0 Å². The van der Waals surface area contributed by atoms with E-state index in [-0.39, 0.29) is 0 Å². The van der Waals surface area contributed by atoms with E-state index in [1.54, 1.807) is 16.5 Å². The van der Waals surface area contributed by atoms with Gasteiger partial charge in [-0.3, -0.25) is 0 Å². The third-order valence-corrected chi connectivity index (χ3v) is 4.61. The van der Waals surface area contributed by atoms with Gasteiger partial charge in [0.15, 0.2) is 0 Å². The normalized spacial score (nSPS) is 28.0. The molecule has 2 aliphatic carbocycles. The van der Waals surface area contributed by atoms with Crippen molar-refractivity contribution in [3.8, 4) is 0 Å². The van der Waals surface area contributed by atoms with Gasteiger partial charge in [-0.15, -0.1) is 0 Å². The molecule has 1 saturated carbocycles. The van der Waals surface area contributed by atoms with Crippen molar-refractivity contribution in [3.63, 3.8) is 0 Å². The number of nitrogens with one attached hydrogen (secondary N) is 1. The minimum Gasteiger partial charge on any atom is -0.361 e. The van der Waals surface area contributed by atoms with Crippen molar-refractivity contribution in [2.45, 2.75) is 38.0 Å². The Labute approximate surface area is 95.9 Å². The van der Waals surface area contributed by atoms with Crippen molar-refractivity contribution in [2.24, 2.45) is 5.92 Å². The van der Waals surface area contributed by atoms with Crippen LogP contribution in [-0.4, -0.2) is 4.98 Å². The Morgan fingerprint density at radius 3 is 3.06 bits per heavy atom. The zero-order valence-corrected chi connectivity index (χ0v) is 9.50. The first kappa shape index (κ1) is 8.86. The highest BCUT2D eigenvalue weighted by molar-refractivity contribution is 5.88. The number of benzene rings is 1. The number of hydrogen-bond acceptors (Lipinski definition) is 0. The smallest absolute Gasteiger partial charge is 0.0459 e. The second-order valence-corrected chi connectivity index (χ2v) is 5.44. The van der Waals surface area contributed by atoms with Gasteiger partial charge in [0, 0.05) is 17.1 Å². The predicted octanol–water partition coefficient (Wildman–Crippen LogP) is 4.00. The molecule has 1 aromatic heterocycles. The highest BCUT2D eigenvalue weighted by Gasteiger charge is 2.32. The van der Waals surface area contributed by atoms with Crippen LogP contribution in [0.5, 0.6) is 0 Å². The molecule has 1 N–H and O–H groups in total. The zero-order chi connectivity index (χ0) is 10.5. The molecule has 2 aromatic rings. The van der Waals surface area contributed by atoms with E-state index in [0.29, 0.717) is 0 Å². The van der Waals surface area contributed by atoms with Crippen LogP contribution in [0.15, 0.2) is 24.4 Å². The second-order valence-electron chi connectivity index (χ2n) is 5.44. The van der Waals surface area contributed by atoms with E-state index >= 15 is 0 Å². The molecule has 0 bridgehead atoms. The summed E-state index contributed by atoms with van der Waals surface area (Å²) < 4.78 is 0.